The molecule has 2 aromatic rings. The van der Waals surface area contributed by atoms with E-state index in [-0.39, 0.29) is 24.4 Å². The van der Waals surface area contributed by atoms with Gasteiger partial charge in [-0.15, -0.1) is 0 Å². The maximum absolute atomic E-state index is 12.4. The van der Waals surface area contributed by atoms with Crippen molar-refractivity contribution in [2.24, 2.45) is 0 Å². The first kappa shape index (κ1) is 13.3. The number of aliphatic carboxylic acids is 1. The lowest BCUT2D eigenvalue weighted by Gasteiger charge is -2.15. The van der Waals surface area contributed by atoms with Crippen molar-refractivity contribution in [2.75, 3.05) is 0 Å². The summed E-state index contributed by atoms with van der Waals surface area (Å²) in [7, 11) is 0. The van der Waals surface area contributed by atoms with Crippen molar-refractivity contribution in [3.8, 4) is 0 Å². The normalized spacial score (nSPS) is 11.1. The molecule has 4 nitrogen and oxygen atoms in total. The van der Waals surface area contributed by atoms with Crippen LogP contribution in [-0.4, -0.2) is 15.6 Å². The molecule has 1 N–H and O–H groups in total. The van der Waals surface area contributed by atoms with Gasteiger partial charge in [-0.1, -0.05) is 18.2 Å². The minimum Gasteiger partial charge on any atom is -0.481 e. The molecule has 1 aromatic carbocycles. The number of benzene rings is 1. The van der Waals surface area contributed by atoms with E-state index >= 15 is 0 Å². The van der Waals surface area contributed by atoms with Crippen LogP contribution >= 0.6 is 0 Å². The molecule has 1 heterocycles. The van der Waals surface area contributed by atoms with E-state index in [1.54, 1.807) is 10.6 Å². The second-order valence-corrected chi connectivity index (χ2v) is 4.89. The van der Waals surface area contributed by atoms with E-state index in [0.29, 0.717) is 5.56 Å². The molecule has 4 heteroatoms. The minimum atomic E-state index is -0.886. The topological polar surface area (TPSA) is 59.3 Å². The van der Waals surface area contributed by atoms with Gasteiger partial charge in [0.15, 0.2) is 0 Å². The van der Waals surface area contributed by atoms with Gasteiger partial charge in [-0.25, -0.2) is 0 Å². The summed E-state index contributed by atoms with van der Waals surface area (Å²) in [6, 6.07) is 9.52. The van der Waals surface area contributed by atoms with Crippen molar-refractivity contribution in [1.82, 2.24) is 4.57 Å². The Hall–Kier alpha value is -2.10. The van der Waals surface area contributed by atoms with E-state index < -0.39 is 5.97 Å². The summed E-state index contributed by atoms with van der Waals surface area (Å²) in [6.07, 6.45) is 0.247. The second-order valence-electron chi connectivity index (χ2n) is 4.89. The van der Waals surface area contributed by atoms with Crippen molar-refractivity contribution in [1.29, 1.82) is 0 Å². The summed E-state index contributed by atoms with van der Waals surface area (Å²) in [4.78, 5) is 23.1. The van der Waals surface area contributed by atoms with Gasteiger partial charge in [0.1, 0.15) is 0 Å². The fourth-order valence-corrected chi connectivity index (χ4v) is 2.28. The summed E-state index contributed by atoms with van der Waals surface area (Å²) in [5.74, 6) is -0.886. The monoisotopic (exact) mass is 259 g/mol. The third-order valence-corrected chi connectivity index (χ3v) is 3.14. The molecule has 100 valence electrons. The van der Waals surface area contributed by atoms with Crippen LogP contribution in [-0.2, 0) is 11.2 Å². The molecule has 0 spiro atoms. The van der Waals surface area contributed by atoms with Crippen LogP contribution in [0.1, 0.15) is 31.9 Å². The summed E-state index contributed by atoms with van der Waals surface area (Å²) in [5, 5.41) is 9.72. The van der Waals surface area contributed by atoms with Gasteiger partial charge < -0.3 is 9.67 Å². The molecule has 0 aliphatic rings. The van der Waals surface area contributed by atoms with E-state index in [2.05, 4.69) is 0 Å². The number of aryl methyl sites for hydroxylation is 1. The Kier molecular flexibility index (Phi) is 3.69. The average Bonchev–Trinajstić information content (AvgIpc) is 2.35. The highest BCUT2D eigenvalue weighted by molar-refractivity contribution is 5.80. The number of pyridine rings is 1. The lowest BCUT2D eigenvalue weighted by molar-refractivity contribution is -0.136. The largest absolute Gasteiger partial charge is 0.481 e. The maximum Gasteiger partial charge on any atom is 0.303 e. The van der Waals surface area contributed by atoms with Crippen LogP contribution in [0.4, 0.5) is 0 Å². The number of nitrogens with zero attached hydrogens (tertiary/aromatic N) is 1. The second kappa shape index (κ2) is 5.26. The number of para-hydroxylation sites is 1. The van der Waals surface area contributed by atoms with Crippen LogP contribution in [0.2, 0.25) is 0 Å². The van der Waals surface area contributed by atoms with Gasteiger partial charge in [-0.3, -0.25) is 9.59 Å². The molecule has 0 fully saturated rings. The fraction of sp³-hybridized carbons (Fsp3) is 0.333. The molecule has 0 saturated heterocycles. The van der Waals surface area contributed by atoms with Gasteiger partial charge >= 0.3 is 5.97 Å². The predicted octanol–water partition coefficient (Wildman–Crippen LogP) is 2.60. The summed E-state index contributed by atoms with van der Waals surface area (Å²) in [5.41, 5.74) is 1.37. The van der Waals surface area contributed by atoms with Gasteiger partial charge in [0.05, 0.1) is 5.52 Å². The lowest BCUT2D eigenvalue weighted by atomic mass is 10.1. The van der Waals surface area contributed by atoms with Gasteiger partial charge in [-0.2, -0.15) is 0 Å². The molecule has 0 aliphatic heterocycles. The third kappa shape index (κ3) is 2.67. The van der Waals surface area contributed by atoms with Crippen molar-refractivity contribution in [3.05, 3.63) is 46.2 Å². The van der Waals surface area contributed by atoms with E-state index in [1.165, 1.54) is 0 Å². The molecule has 0 radical (unpaired) electrons. The summed E-state index contributed by atoms with van der Waals surface area (Å²) < 4.78 is 1.73. The quantitative estimate of drug-likeness (QED) is 0.918. The number of hydrogen-bond donors (Lipinski definition) is 1. The zero-order valence-corrected chi connectivity index (χ0v) is 11.1. The van der Waals surface area contributed by atoms with Crippen LogP contribution in [0.15, 0.2) is 35.1 Å². The zero-order valence-electron chi connectivity index (χ0n) is 11.1. The molecule has 0 aliphatic carbocycles. The number of carbonyl (C=O) groups is 1. The van der Waals surface area contributed by atoms with Gasteiger partial charge in [-0.05, 0) is 37.8 Å². The first-order valence-corrected chi connectivity index (χ1v) is 6.35. The molecule has 2 rings (SSSR count). The van der Waals surface area contributed by atoms with E-state index in [4.69, 9.17) is 5.11 Å². The average molecular weight is 259 g/mol. The number of carboxylic acid groups (broad SMARTS) is 1. The van der Waals surface area contributed by atoms with Crippen molar-refractivity contribution < 1.29 is 9.90 Å². The highest BCUT2D eigenvalue weighted by Crippen LogP contribution is 2.17. The Morgan fingerprint density at radius 1 is 1.32 bits per heavy atom. The Morgan fingerprint density at radius 3 is 2.63 bits per heavy atom. The SMILES string of the molecule is CC(C)n1c(=O)c(CCC(=O)O)cc2ccccc21. The standard InChI is InChI=1S/C15H17NO3/c1-10(2)16-13-6-4-3-5-11(13)9-12(15(16)19)7-8-14(17)18/h3-6,9-10H,7-8H2,1-2H3,(H,17,18). The maximum atomic E-state index is 12.4. The molecule has 0 saturated carbocycles. The first-order valence-electron chi connectivity index (χ1n) is 6.35. The van der Waals surface area contributed by atoms with E-state index in [9.17, 15) is 9.59 Å². The van der Waals surface area contributed by atoms with E-state index in [0.717, 1.165) is 10.9 Å². The molecular formula is C15H17NO3. The summed E-state index contributed by atoms with van der Waals surface area (Å²) >= 11 is 0. The molecular weight excluding hydrogens is 242 g/mol. The Balaban J connectivity index is 2.63. The van der Waals surface area contributed by atoms with Crippen molar-refractivity contribution in [2.45, 2.75) is 32.7 Å². The molecule has 19 heavy (non-hydrogen) atoms. The smallest absolute Gasteiger partial charge is 0.303 e. The highest BCUT2D eigenvalue weighted by atomic mass is 16.4. The van der Waals surface area contributed by atoms with E-state index in [1.807, 2.05) is 38.1 Å². The van der Waals surface area contributed by atoms with Crippen molar-refractivity contribution >= 4 is 16.9 Å². The number of fused-ring (bicyclic) bond motifs is 1. The molecule has 0 bridgehead atoms. The molecule has 0 amide bonds. The Morgan fingerprint density at radius 2 is 2.00 bits per heavy atom. The van der Waals surface area contributed by atoms with Crippen LogP contribution in [0, 0.1) is 0 Å². The highest BCUT2D eigenvalue weighted by Gasteiger charge is 2.12. The third-order valence-electron chi connectivity index (χ3n) is 3.14. The van der Waals surface area contributed by atoms with Crippen LogP contribution < -0.4 is 5.56 Å². The Labute approximate surface area is 111 Å². The molecule has 0 atom stereocenters. The van der Waals surface area contributed by atoms with Crippen LogP contribution in [0.3, 0.4) is 0 Å². The first-order chi connectivity index (χ1) is 9.00. The van der Waals surface area contributed by atoms with Gasteiger partial charge in [0, 0.05) is 18.0 Å². The zero-order chi connectivity index (χ0) is 14.0. The predicted molar refractivity (Wildman–Crippen MR) is 74.5 cm³/mol. The van der Waals surface area contributed by atoms with Crippen molar-refractivity contribution in [3.63, 3.8) is 0 Å². The fourth-order valence-electron chi connectivity index (χ4n) is 2.28. The van der Waals surface area contributed by atoms with Crippen LogP contribution in [0.25, 0.3) is 10.9 Å². The molecule has 1 aromatic heterocycles. The minimum absolute atomic E-state index is 0.0221. The molecule has 0 unspecified atom stereocenters. The van der Waals surface area contributed by atoms with Crippen LogP contribution in [0.5, 0.6) is 0 Å². The van der Waals surface area contributed by atoms with Gasteiger partial charge in [0.25, 0.3) is 5.56 Å². The van der Waals surface area contributed by atoms with Gasteiger partial charge in [0.2, 0.25) is 0 Å². The number of hydrogen-bond acceptors (Lipinski definition) is 2. The lowest BCUT2D eigenvalue weighted by Crippen LogP contribution is -2.26. The Bertz CT molecular complexity index is 671. The summed E-state index contributed by atoms with van der Waals surface area (Å²) in [6.45, 7) is 3.91. The number of rotatable bonds is 4. The number of carboxylic acids is 1. The number of aromatic nitrogens is 1.